The molecule has 2 aromatic carbocycles. The molecule has 0 atom stereocenters. The van der Waals surface area contributed by atoms with Gasteiger partial charge in [0.1, 0.15) is 17.4 Å². The molecule has 23 heavy (non-hydrogen) atoms. The number of hydrogen-bond donors (Lipinski definition) is 0. The first-order chi connectivity index (χ1) is 11.2. The molecule has 0 radical (unpaired) electrons. The fraction of sp³-hybridized carbons (Fsp3) is 0.158. The predicted molar refractivity (Wildman–Crippen MR) is 87.7 cm³/mol. The molecule has 0 heterocycles. The number of methoxy groups -OCH3 is 1. The second-order valence-electron chi connectivity index (χ2n) is 4.68. The van der Waals surface area contributed by atoms with Crippen molar-refractivity contribution >= 4 is 11.5 Å². The van der Waals surface area contributed by atoms with Crippen LogP contribution in [0.3, 0.4) is 0 Å². The highest BCUT2D eigenvalue weighted by atomic mass is 16.5. The third-order valence-corrected chi connectivity index (χ3v) is 3.27. The summed E-state index contributed by atoms with van der Waals surface area (Å²) in [6.45, 7) is 2.49. The maximum absolute atomic E-state index is 12.0. The molecule has 0 unspecified atom stereocenters. The fourth-order valence-electron chi connectivity index (χ4n) is 2.25. The minimum absolute atomic E-state index is 0.0251. The molecule has 0 aromatic heterocycles. The van der Waals surface area contributed by atoms with Gasteiger partial charge in [-0.15, -0.1) is 0 Å². The van der Waals surface area contributed by atoms with Crippen molar-refractivity contribution in [2.24, 2.45) is 0 Å². The van der Waals surface area contributed by atoms with Gasteiger partial charge < -0.3 is 9.47 Å². The monoisotopic (exact) mass is 307 g/mol. The van der Waals surface area contributed by atoms with E-state index in [1.165, 1.54) is 7.11 Å². The van der Waals surface area contributed by atoms with Crippen LogP contribution in [0.15, 0.2) is 60.2 Å². The molecule has 2 aromatic rings. The Hall–Kier alpha value is -3.06. The van der Waals surface area contributed by atoms with E-state index in [4.69, 9.17) is 9.47 Å². The Morgan fingerprint density at radius 3 is 2.17 bits per heavy atom. The molecule has 0 saturated heterocycles. The Morgan fingerprint density at radius 1 is 1.04 bits per heavy atom. The number of esters is 1. The second kappa shape index (κ2) is 7.81. The highest BCUT2D eigenvalue weighted by Crippen LogP contribution is 2.28. The minimum atomic E-state index is -0.653. The standard InChI is InChI=1S/C19H17NO3/c1-3-23-16-11-9-15(10-12-16)18(14-7-5-4-6-8-14)17(13-20)19(21)22-2/h4-12H,3H2,1-2H3/b18-17+. The molecule has 0 saturated carbocycles. The molecular weight excluding hydrogens is 290 g/mol. The van der Waals surface area contributed by atoms with E-state index >= 15 is 0 Å². The van der Waals surface area contributed by atoms with Crippen LogP contribution in [0.5, 0.6) is 5.75 Å². The van der Waals surface area contributed by atoms with Crippen molar-refractivity contribution in [1.29, 1.82) is 5.26 Å². The Labute approximate surface area is 135 Å². The molecule has 116 valence electrons. The SMILES string of the molecule is CCOc1ccc(/C(=C(\C#N)C(=O)OC)c2ccccc2)cc1. The third-order valence-electron chi connectivity index (χ3n) is 3.27. The molecule has 2 rings (SSSR count). The average Bonchev–Trinajstić information content (AvgIpc) is 2.61. The topological polar surface area (TPSA) is 59.3 Å². The molecule has 4 heteroatoms. The van der Waals surface area contributed by atoms with Crippen LogP contribution >= 0.6 is 0 Å². The van der Waals surface area contributed by atoms with E-state index in [0.717, 1.165) is 16.9 Å². The summed E-state index contributed by atoms with van der Waals surface area (Å²) >= 11 is 0. The molecule has 0 amide bonds. The van der Waals surface area contributed by atoms with Gasteiger partial charge >= 0.3 is 5.97 Å². The van der Waals surface area contributed by atoms with Gasteiger partial charge in [0, 0.05) is 5.57 Å². The fourth-order valence-corrected chi connectivity index (χ4v) is 2.25. The number of rotatable bonds is 5. The first kappa shape index (κ1) is 16.3. The summed E-state index contributed by atoms with van der Waals surface area (Å²) in [5.74, 6) is 0.0838. The Kier molecular flexibility index (Phi) is 5.54. The summed E-state index contributed by atoms with van der Waals surface area (Å²) in [5, 5.41) is 9.43. The smallest absolute Gasteiger partial charge is 0.349 e. The number of carbonyl (C=O) groups is 1. The van der Waals surface area contributed by atoms with Crippen LogP contribution in [-0.4, -0.2) is 19.7 Å². The average molecular weight is 307 g/mol. The largest absolute Gasteiger partial charge is 0.494 e. The maximum Gasteiger partial charge on any atom is 0.349 e. The van der Waals surface area contributed by atoms with Gasteiger partial charge in [-0.1, -0.05) is 42.5 Å². The Balaban J connectivity index is 2.61. The first-order valence-corrected chi connectivity index (χ1v) is 7.22. The van der Waals surface area contributed by atoms with Crippen molar-refractivity contribution in [3.05, 3.63) is 71.3 Å². The van der Waals surface area contributed by atoms with Crippen LogP contribution in [0.25, 0.3) is 5.57 Å². The highest BCUT2D eigenvalue weighted by molar-refractivity contribution is 6.05. The lowest BCUT2D eigenvalue weighted by molar-refractivity contribution is -0.135. The molecule has 0 bridgehead atoms. The summed E-state index contributed by atoms with van der Waals surface area (Å²) in [6.07, 6.45) is 0. The summed E-state index contributed by atoms with van der Waals surface area (Å²) < 4.78 is 10.2. The van der Waals surface area contributed by atoms with Crippen LogP contribution < -0.4 is 4.74 Å². The molecule has 0 N–H and O–H groups in total. The molecule has 0 fully saturated rings. The maximum atomic E-state index is 12.0. The second-order valence-corrected chi connectivity index (χ2v) is 4.68. The number of hydrogen-bond acceptors (Lipinski definition) is 4. The summed E-state index contributed by atoms with van der Waals surface area (Å²) in [4.78, 5) is 12.0. The van der Waals surface area contributed by atoms with Crippen molar-refractivity contribution in [1.82, 2.24) is 0 Å². The van der Waals surface area contributed by atoms with Gasteiger partial charge in [-0.2, -0.15) is 5.26 Å². The Bertz CT molecular complexity index is 740. The van der Waals surface area contributed by atoms with Gasteiger partial charge in [-0.3, -0.25) is 0 Å². The van der Waals surface area contributed by atoms with Crippen molar-refractivity contribution in [2.45, 2.75) is 6.92 Å². The molecular formula is C19H17NO3. The van der Waals surface area contributed by atoms with Crippen LogP contribution in [0.4, 0.5) is 0 Å². The number of carbonyl (C=O) groups excluding carboxylic acids is 1. The normalized spacial score (nSPS) is 11.2. The predicted octanol–water partition coefficient (Wildman–Crippen LogP) is 3.58. The lowest BCUT2D eigenvalue weighted by Gasteiger charge is -2.11. The number of nitrogens with zero attached hydrogens (tertiary/aromatic N) is 1. The van der Waals surface area contributed by atoms with Crippen molar-refractivity contribution < 1.29 is 14.3 Å². The molecule has 0 aliphatic rings. The van der Waals surface area contributed by atoms with Crippen LogP contribution in [0.2, 0.25) is 0 Å². The molecule has 0 aliphatic carbocycles. The van der Waals surface area contributed by atoms with Gasteiger partial charge in [0.15, 0.2) is 0 Å². The van der Waals surface area contributed by atoms with Gasteiger partial charge in [-0.25, -0.2) is 4.79 Å². The lowest BCUT2D eigenvalue weighted by atomic mass is 9.93. The van der Waals surface area contributed by atoms with Crippen LogP contribution in [0, 0.1) is 11.3 Å². The highest BCUT2D eigenvalue weighted by Gasteiger charge is 2.19. The Morgan fingerprint density at radius 2 is 1.65 bits per heavy atom. The van der Waals surface area contributed by atoms with Crippen molar-refractivity contribution in [3.8, 4) is 11.8 Å². The molecule has 4 nitrogen and oxygen atoms in total. The lowest BCUT2D eigenvalue weighted by Crippen LogP contribution is -2.07. The van der Waals surface area contributed by atoms with Gasteiger partial charge in [0.2, 0.25) is 0 Å². The van der Waals surface area contributed by atoms with E-state index < -0.39 is 5.97 Å². The van der Waals surface area contributed by atoms with E-state index in [9.17, 15) is 10.1 Å². The van der Waals surface area contributed by atoms with E-state index in [1.54, 1.807) is 0 Å². The minimum Gasteiger partial charge on any atom is -0.494 e. The molecule has 0 aliphatic heterocycles. The van der Waals surface area contributed by atoms with Gasteiger partial charge in [-0.05, 0) is 30.2 Å². The molecule has 0 spiro atoms. The van der Waals surface area contributed by atoms with E-state index in [1.807, 2.05) is 67.6 Å². The van der Waals surface area contributed by atoms with Crippen LogP contribution in [0.1, 0.15) is 18.1 Å². The quantitative estimate of drug-likeness (QED) is 0.481. The zero-order valence-corrected chi connectivity index (χ0v) is 13.1. The third kappa shape index (κ3) is 3.78. The number of nitriles is 1. The first-order valence-electron chi connectivity index (χ1n) is 7.22. The zero-order valence-electron chi connectivity index (χ0n) is 13.1. The number of benzene rings is 2. The van der Waals surface area contributed by atoms with Crippen molar-refractivity contribution in [2.75, 3.05) is 13.7 Å². The number of ether oxygens (including phenoxy) is 2. The van der Waals surface area contributed by atoms with Gasteiger partial charge in [0.05, 0.1) is 13.7 Å². The van der Waals surface area contributed by atoms with Crippen LogP contribution in [-0.2, 0) is 9.53 Å². The van der Waals surface area contributed by atoms with Gasteiger partial charge in [0.25, 0.3) is 0 Å². The summed E-state index contributed by atoms with van der Waals surface area (Å²) in [6, 6.07) is 18.5. The summed E-state index contributed by atoms with van der Waals surface area (Å²) in [7, 11) is 1.26. The van der Waals surface area contributed by atoms with E-state index in [0.29, 0.717) is 12.2 Å². The van der Waals surface area contributed by atoms with E-state index in [2.05, 4.69) is 0 Å². The van der Waals surface area contributed by atoms with Crippen molar-refractivity contribution in [3.63, 3.8) is 0 Å². The van der Waals surface area contributed by atoms with E-state index in [-0.39, 0.29) is 5.57 Å². The zero-order chi connectivity index (χ0) is 16.7. The summed E-state index contributed by atoms with van der Waals surface area (Å²) in [5.41, 5.74) is 2.05.